The highest BCUT2D eigenvalue weighted by Gasteiger charge is 2.13. The van der Waals surface area contributed by atoms with Gasteiger partial charge in [-0.1, -0.05) is 30.3 Å². The standard InChI is InChI=1S/C21H28N4O/c1-16-22-13-18(23-16)15-25(12-11-24(2)3)14-17-9-10-21(26-4)20-8-6-5-7-19(17)20/h5-10,13H,11-12,14-15H2,1-4H3,(H,22,23). The van der Waals surface area contributed by atoms with E-state index in [2.05, 4.69) is 70.3 Å². The molecule has 3 rings (SSSR count). The van der Waals surface area contributed by atoms with Crippen LogP contribution in [-0.4, -0.2) is 54.1 Å². The summed E-state index contributed by atoms with van der Waals surface area (Å²) in [5.41, 5.74) is 2.47. The highest BCUT2D eigenvalue weighted by Crippen LogP contribution is 2.29. The number of benzene rings is 2. The summed E-state index contributed by atoms with van der Waals surface area (Å²) in [5, 5.41) is 2.42. The van der Waals surface area contributed by atoms with Crippen LogP contribution in [0.2, 0.25) is 0 Å². The summed E-state index contributed by atoms with van der Waals surface area (Å²) < 4.78 is 5.53. The first-order chi connectivity index (χ1) is 12.6. The Hall–Kier alpha value is -2.37. The first-order valence-electron chi connectivity index (χ1n) is 8.99. The summed E-state index contributed by atoms with van der Waals surface area (Å²) >= 11 is 0. The minimum atomic E-state index is 0.856. The van der Waals surface area contributed by atoms with Gasteiger partial charge in [0.15, 0.2) is 0 Å². The third kappa shape index (κ3) is 4.42. The second kappa shape index (κ2) is 8.34. The third-order valence-corrected chi connectivity index (χ3v) is 4.60. The topological polar surface area (TPSA) is 44.4 Å². The molecule has 0 bridgehead atoms. The zero-order valence-corrected chi connectivity index (χ0v) is 16.1. The Morgan fingerprint density at radius 1 is 1.00 bits per heavy atom. The van der Waals surface area contributed by atoms with E-state index in [1.165, 1.54) is 10.9 Å². The minimum Gasteiger partial charge on any atom is -0.496 e. The van der Waals surface area contributed by atoms with Crippen LogP contribution in [0.4, 0.5) is 0 Å². The average molecular weight is 352 g/mol. The second-order valence-electron chi connectivity index (χ2n) is 6.98. The van der Waals surface area contributed by atoms with Crippen molar-refractivity contribution in [2.75, 3.05) is 34.3 Å². The molecule has 0 saturated carbocycles. The summed E-state index contributed by atoms with van der Waals surface area (Å²) in [6, 6.07) is 12.7. The zero-order valence-electron chi connectivity index (χ0n) is 16.1. The van der Waals surface area contributed by atoms with E-state index in [1.807, 2.05) is 13.1 Å². The van der Waals surface area contributed by atoms with Crippen LogP contribution in [0.5, 0.6) is 5.75 Å². The summed E-state index contributed by atoms with van der Waals surface area (Å²) in [6.45, 7) is 5.74. The number of aryl methyl sites for hydroxylation is 1. The fourth-order valence-electron chi connectivity index (χ4n) is 3.24. The monoisotopic (exact) mass is 352 g/mol. The summed E-state index contributed by atoms with van der Waals surface area (Å²) in [6.07, 6.45) is 1.93. The van der Waals surface area contributed by atoms with Crippen LogP contribution in [-0.2, 0) is 13.1 Å². The number of H-pyrrole nitrogens is 1. The van der Waals surface area contributed by atoms with Gasteiger partial charge in [-0.15, -0.1) is 0 Å². The molecule has 0 atom stereocenters. The second-order valence-corrected chi connectivity index (χ2v) is 6.98. The van der Waals surface area contributed by atoms with Crippen molar-refractivity contribution >= 4 is 10.8 Å². The van der Waals surface area contributed by atoms with Crippen LogP contribution in [0.15, 0.2) is 42.6 Å². The van der Waals surface area contributed by atoms with Gasteiger partial charge in [0.2, 0.25) is 0 Å². The van der Waals surface area contributed by atoms with Gasteiger partial charge in [0.05, 0.1) is 7.11 Å². The molecule has 2 aromatic carbocycles. The molecular weight excluding hydrogens is 324 g/mol. The van der Waals surface area contributed by atoms with Gasteiger partial charge in [0.1, 0.15) is 11.6 Å². The molecule has 0 fully saturated rings. The lowest BCUT2D eigenvalue weighted by atomic mass is 10.0. The average Bonchev–Trinajstić information content (AvgIpc) is 3.04. The van der Waals surface area contributed by atoms with E-state index in [0.717, 1.165) is 48.8 Å². The summed E-state index contributed by atoms with van der Waals surface area (Å²) in [4.78, 5) is 12.4. The van der Waals surface area contributed by atoms with Crippen LogP contribution in [0, 0.1) is 6.92 Å². The molecule has 0 amide bonds. The maximum atomic E-state index is 5.53. The molecule has 0 spiro atoms. The van der Waals surface area contributed by atoms with Crippen molar-refractivity contribution in [2.24, 2.45) is 0 Å². The Labute approximate surface area is 155 Å². The largest absolute Gasteiger partial charge is 0.496 e. The molecule has 0 saturated heterocycles. The number of hydrogen-bond acceptors (Lipinski definition) is 4. The number of hydrogen-bond donors (Lipinski definition) is 1. The molecular formula is C21H28N4O. The molecule has 0 aliphatic carbocycles. The normalized spacial score (nSPS) is 11.6. The molecule has 1 aromatic heterocycles. The van der Waals surface area contributed by atoms with Crippen LogP contribution in [0.25, 0.3) is 10.8 Å². The van der Waals surface area contributed by atoms with E-state index in [1.54, 1.807) is 7.11 Å². The molecule has 5 nitrogen and oxygen atoms in total. The first-order valence-corrected chi connectivity index (χ1v) is 8.99. The first kappa shape index (κ1) is 18.4. The number of aromatic nitrogens is 2. The number of rotatable bonds is 8. The maximum absolute atomic E-state index is 5.53. The molecule has 1 heterocycles. The number of methoxy groups -OCH3 is 1. The highest BCUT2D eigenvalue weighted by atomic mass is 16.5. The van der Waals surface area contributed by atoms with Gasteiger partial charge in [-0.3, -0.25) is 4.90 Å². The van der Waals surface area contributed by atoms with Crippen LogP contribution in [0.3, 0.4) is 0 Å². The molecule has 0 radical (unpaired) electrons. The van der Waals surface area contributed by atoms with Gasteiger partial charge in [-0.05, 0) is 38.0 Å². The van der Waals surface area contributed by atoms with Crippen LogP contribution >= 0.6 is 0 Å². The van der Waals surface area contributed by atoms with E-state index >= 15 is 0 Å². The number of ether oxygens (including phenoxy) is 1. The number of nitrogens with one attached hydrogen (secondary N) is 1. The molecule has 1 N–H and O–H groups in total. The smallest absolute Gasteiger partial charge is 0.126 e. The number of fused-ring (bicyclic) bond motifs is 1. The predicted molar refractivity (Wildman–Crippen MR) is 106 cm³/mol. The van der Waals surface area contributed by atoms with Gasteiger partial charge in [0.25, 0.3) is 0 Å². The molecule has 0 unspecified atom stereocenters. The Bertz CT molecular complexity index is 856. The lowest BCUT2D eigenvalue weighted by molar-refractivity contribution is 0.225. The fraction of sp³-hybridized carbons (Fsp3) is 0.381. The summed E-state index contributed by atoms with van der Waals surface area (Å²) in [7, 11) is 5.95. The number of nitrogens with zero attached hydrogens (tertiary/aromatic N) is 3. The predicted octanol–water partition coefficient (Wildman–Crippen LogP) is 3.44. The zero-order chi connectivity index (χ0) is 18.5. The van der Waals surface area contributed by atoms with E-state index in [0.29, 0.717) is 0 Å². The number of imidazole rings is 1. The quantitative estimate of drug-likeness (QED) is 0.674. The minimum absolute atomic E-state index is 0.856. The Kier molecular flexibility index (Phi) is 5.91. The molecule has 5 heteroatoms. The highest BCUT2D eigenvalue weighted by molar-refractivity contribution is 5.91. The molecule has 3 aromatic rings. The van der Waals surface area contributed by atoms with Gasteiger partial charge in [-0.25, -0.2) is 4.98 Å². The van der Waals surface area contributed by atoms with Crippen molar-refractivity contribution in [3.05, 3.63) is 59.7 Å². The van der Waals surface area contributed by atoms with Crippen molar-refractivity contribution < 1.29 is 4.74 Å². The van der Waals surface area contributed by atoms with Crippen molar-refractivity contribution in [3.63, 3.8) is 0 Å². The molecule has 26 heavy (non-hydrogen) atoms. The Morgan fingerprint density at radius 2 is 1.77 bits per heavy atom. The van der Waals surface area contributed by atoms with Gasteiger partial charge < -0.3 is 14.6 Å². The lowest BCUT2D eigenvalue weighted by Gasteiger charge is -2.24. The SMILES string of the molecule is COc1ccc(CN(CCN(C)C)Cc2cnc(C)[nH]2)c2ccccc12. The van der Waals surface area contributed by atoms with Gasteiger partial charge in [0, 0.05) is 43.5 Å². The molecule has 0 aliphatic heterocycles. The molecule has 0 aliphatic rings. The molecule has 138 valence electrons. The lowest BCUT2D eigenvalue weighted by Crippen LogP contribution is -2.31. The Morgan fingerprint density at radius 3 is 2.42 bits per heavy atom. The number of likely N-dealkylation sites (N-methyl/N-ethyl adjacent to an activating group) is 1. The fourth-order valence-corrected chi connectivity index (χ4v) is 3.24. The maximum Gasteiger partial charge on any atom is 0.126 e. The summed E-state index contributed by atoms with van der Waals surface area (Å²) in [5.74, 6) is 1.89. The van der Waals surface area contributed by atoms with Crippen LogP contribution in [0.1, 0.15) is 17.1 Å². The third-order valence-electron chi connectivity index (χ3n) is 4.60. The van der Waals surface area contributed by atoms with Crippen molar-refractivity contribution in [1.82, 2.24) is 19.8 Å². The Balaban J connectivity index is 1.87. The van der Waals surface area contributed by atoms with Crippen LogP contribution < -0.4 is 4.74 Å². The van der Waals surface area contributed by atoms with E-state index in [-0.39, 0.29) is 0 Å². The van der Waals surface area contributed by atoms with E-state index in [9.17, 15) is 0 Å². The van der Waals surface area contributed by atoms with Crippen molar-refractivity contribution in [1.29, 1.82) is 0 Å². The van der Waals surface area contributed by atoms with E-state index < -0.39 is 0 Å². The van der Waals surface area contributed by atoms with Crippen molar-refractivity contribution in [2.45, 2.75) is 20.0 Å². The van der Waals surface area contributed by atoms with E-state index in [4.69, 9.17) is 4.74 Å². The van der Waals surface area contributed by atoms with Gasteiger partial charge >= 0.3 is 0 Å². The number of aromatic amines is 1. The van der Waals surface area contributed by atoms with Gasteiger partial charge in [-0.2, -0.15) is 0 Å². The van der Waals surface area contributed by atoms with Crippen molar-refractivity contribution in [3.8, 4) is 5.75 Å².